The van der Waals surface area contributed by atoms with Crippen LogP contribution in [0.2, 0.25) is 0 Å². The fourth-order valence-corrected chi connectivity index (χ4v) is 1.40. The Morgan fingerprint density at radius 3 is 2.77 bits per heavy atom. The molecule has 0 aliphatic carbocycles. The summed E-state index contributed by atoms with van der Waals surface area (Å²) >= 11 is 0. The van der Waals surface area contributed by atoms with E-state index in [0.717, 1.165) is 21.9 Å². The van der Waals surface area contributed by atoms with Crippen molar-refractivity contribution in [3.8, 4) is 0 Å². The van der Waals surface area contributed by atoms with Gasteiger partial charge in [0.2, 0.25) is 0 Å². The molecular weight excluding hydrogens is 160 g/mol. The molecule has 0 saturated carbocycles. The van der Waals surface area contributed by atoms with Gasteiger partial charge in [-0.3, -0.25) is 0 Å². The Morgan fingerprint density at radius 2 is 2.00 bits per heavy atom. The second kappa shape index (κ2) is 2.98. The summed E-state index contributed by atoms with van der Waals surface area (Å²) in [6.45, 7) is 5.92. The minimum absolute atomic E-state index is 1.05. The molecule has 0 atom stereocenters. The number of hydrogen-bond donors (Lipinski definition) is 0. The van der Waals surface area contributed by atoms with Crippen molar-refractivity contribution >= 4 is 16.3 Å². The first-order valence-electron chi connectivity index (χ1n) is 4.14. The van der Waals surface area contributed by atoms with Crippen LogP contribution < -0.4 is 0 Å². The molecule has 0 radical (unpaired) electrons. The summed E-state index contributed by atoms with van der Waals surface area (Å²) in [5, 5.41) is 9.92. The van der Waals surface area contributed by atoms with Crippen LogP contribution in [0.5, 0.6) is 0 Å². The van der Waals surface area contributed by atoms with Crippen molar-refractivity contribution in [2.75, 3.05) is 0 Å². The van der Waals surface area contributed by atoms with Crippen molar-refractivity contribution in [2.24, 2.45) is 0 Å². The van der Waals surface area contributed by atoms with Crippen molar-refractivity contribution in [3.05, 3.63) is 42.7 Å². The highest BCUT2D eigenvalue weighted by molar-refractivity contribution is 5.91. The maximum Gasteiger partial charge on any atom is 0.0580 e. The van der Waals surface area contributed by atoms with Gasteiger partial charge in [-0.1, -0.05) is 30.4 Å². The lowest BCUT2D eigenvalue weighted by molar-refractivity contribution is 1.05. The molecule has 0 aliphatic rings. The predicted molar refractivity (Wildman–Crippen MR) is 54.2 cm³/mol. The van der Waals surface area contributed by atoms with Crippen molar-refractivity contribution in [1.29, 1.82) is 0 Å². The summed E-state index contributed by atoms with van der Waals surface area (Å²) in [6, 6.07) is 6.08. The monoisotopic (exact) mass is 170 g/mol. The number of nitrogens with zero attached hydrogens (tertiary/aromatic N) is 2. The largest absolute Gasteiger partial charge is 0.158 e. The average Bonchev–Trinajstić information content (AvgIpc) is 2.17. The summed E-state index contributed by atoms with van der Waals surface area (Å²) in [4.78, 5) is 0. The van der Waals surface area contributed by atoms with Crippen molar-refractivity contribution in [2.45, 2.75) is 6.92 Å². The lowest BCUT2D eigenvalue weighted by Gasteiger charge is -2.03. The lowest BCUT2D eigenvalue weighted by Crippen LogP contribution is -1.85. The first-order valence-corrected chi connectivity index (χ1v) is 4.14. The van der Waals surface area contributed by atoms with E-state index in [9.17, 15) is 0 Å². The number of aromatic nitrogens is 2. The van der Waals surface area contributed by atoms with Crippen LogP contribution in [0.3, 0.4) is 0 Å². The zero-order chi connectivity index (χ0) is 9.26. The standard InChI is InChI=1S/C11H10N2/c1-8(2)10-5-3-4-9-6-12-13-7-11(9)10/h3-7H,1H2,2H3. The predicted octanol–water partition coefficient (Wildman–Crippen LogP) is 2.66. The van der Waals surface area contributed by atoms with Crippen molar-refractivity contribution in [3.63, 3.8) is 0 Å². The molecule has 0 N–H and O–H groups in total. The maximum absolute atomic E-state index is 3.93. The normalized spacial score (nSPS) is 10.2. The van der Waals surface area contributed by atoms with Crippen LogP contribution >= 0.6 is 0 Å². The van der Waals surface area contributed by atoms with E-state index >= 15 is 0 Å². The molecule has 0 amide bonds. The molecule has 13 heavy (non-hydrogen) atoms. The second-order valence-electron chi connectivity index (χ2n) is 3.08. The van der Waals surface area contributed by atoms with E-state index in [4.69, 9.17) is 0 Å². The minimum Gasteiger partial charge on any atom is -0.158 e. The molecule has 0 unspecified atom stereocenters. The first kappa shape index (κ1) is 7.92. The Hall–Kier alpha value is -1.70. The van der Waals surface area contributed by atoms with Gasteiger partial charge in [-0.05, 0) is 12.5 Å². The van der Waals surface area contributed by atoms with E-state index in [1.54, 1.807) is 12.4 Å². The fourth-order valence-electron chi connectivity index (χ4n) is 1.40. The number of benzene rings is 1. The highest BCUT2D eigenvalue weighted by Gasteiger charge is 2.00. The molecule has 2 nitrogen and oxygen atoms in total. The van der Waals surface area contributed by atoms with E-state index in [0.29, 0.717) is 0 Å². The number of hydrogen-bond acceptors (Lipinski definition) is 2. The van der Waals surface area contributed by atoms with Gasteiger partial charge < -0.3 is 0 Å². The summed E-state index contributed by atoms with van der Waals surface area (Å²) in [5.41, 5.74) is 2.20. The van der Waals surface area contributed by atoms with Gasteiger partial charge in [0, 0.05) is 10.8 Å². The van der Waals surface area contributed by atoms with E-state index < -0.39 is 0 Å². The summed E-state index contributed by atoms with van der Waals surface area (Å²) in [6.07, 6.45) is 3.54. The molecule has 2 rings (SSSR count). The number of rotatable bonds is 1. The van der Waals surface area contributed by atoms with Crippen LogP contribution in [0.1, 0.15) is 12.5 Å². The molecule has 1 aromatic heterocycles. The van der Waals surface area contributed by atoms with Crippen LogP contribution in [0.15, 0.2) is 37.2 Å². The van der Waals surface area contributed by atoms with Gasteiger partial charge in [0.15, 0.2) is 0 Å². The number of allylic oxidation sites excluding steroid dienone is 1. The molecular formula is C11H10N2. The van der Waals surface area contributed by atoms with Gasteiger partial charge in [-0.2, -0.15) is 10.2 Å². The summed E-state index contributed by atoms with van der Waals surface area (Å²) < 4.78 is 0. The molecule has 0 spiro atoms. The highest BCUT2D eigenvalue weighted by atomic mass is 15.1. The van der Waals surface area contributed by atoms with E-state index in [1.807, 2.05) is 25.1 Å². The molecule has 2 heteroatoms. The third kappa shape index (κ3) is 1.31. The fraction of sp³-hybridized carbons (Fsp3) is 0.0909. The average molecular weight is 170 g/mol. The SMILES string of the molecule is C=C(C)c1cccc2cnncc12. The van der Waals surface area contributed by atoms with Gasteiger partial charge in [0.25, 0.3) is 0 Å². The Labute approximate surface area is 76.9 Å². The quantitative estimate of drug-likeness (QED) is 0.657. The molecule has 0 fully saturated rings. The van der Waals surface area contributed by atoms with Crippen molar-refractivity contribution in [1.82, 2.24) is 10.2 Å². The summed E-state index contributed by atoms with van der Waals surface area (Å²) in [7, 11) is 0. The van der Waals surface area contributed by atoms with E-state index in [-0.39, 0.29) is 0 Å². The van der Waals surface area contributed by atoms with Crippen LogP contribution in [-0.2, 0) is 0 Å². The highest BCUT2D eigenvalue weighted by Crippen LogP contribution is 2.21. The van der Waals surface area contributed by atoms with Gasteiger partial charge in [0.1, 0.15) is 0 Å². The third-order valence-corrected chi connectivity index (χ3v) is 2.05. The Bertz CT molecular complexity index is 455. The zero-order valence-electron chi connectivity index (χ0n) is 7.49. The Morgan fingerprint density at radius 1 is 1.23 bits per heavy atom. The minimum atomic E-state index is 1.05. The van der Waals surface area contributed by atoms with Gasteiger partial charge in [-0.25, -0.2) is 0 Å². The van der Waals surface area contributed by atoms with Crippen LogP contribution in [0.25, 0.3) is 16.3 Å². The molecule has 2 aromatic rings. The van der Waals surface area contributed by atoms with E-state index in [1.165, 1.54) is 0 Å². The first-order chi connectivity index (χ1) is 6.29. The molecule has 1 heterocycles. The molecule has 1 aromatic carbocycles. The Balaban J connectivity index is 2.83. The summed E-state index contributed by atoms with van der Waals surface area (Å²) in [5.74, 6) is 0. The van der Waals surface area contributed by atoms with Crippen LogP contribution in [0, 0.1) is 0 Å². The number of fused-ring (bicyclic) bond motifs is 1. The zero-order valence-corrected chi connectivity index (χ0v) is 7.49. The van der Waals surface area contributed by atoms with Crippen LogP contribution in [-0.4, -0.2) is 10.2 Å². The second-order valence-corrected chi connectivity index (χ2v) is 3.08. The third-order valence-electron chi connectivity index (χ3n) is 2.05. The van der Waals surface area contributed by atoms with Gasteiger partial charge in [-0.15, -0.1) is 0 Å². The van der Waals surface area contributed by atoms with Crippen molar-refractivity contribution < 1.29 is 0 Å². The molecule has 0 saturated heterocycles. The maximum atomic E-state index is 3.93. The molecule has 0 aliphatic heterocycles. The Kier molecular flexibility index (Phi) is 1.81. The van der Waals surface area contributed by atoms with E-state index in [2.05, 4.69) is 16.8 Å². The molecule has 64 valence electrons. The van der Waals surface area contributed by atoms with Crippen LogP contribution in [0.4, 0.5) is 0 Å². The van der Waals surface area contributed by atoms with Gasteiger partial charge >= 0.3 is 0 Å². The topological polar surface area (TPSA) is 25.8 Å². The lowest BCUT2D eigenvalue weighted by atomic mass is 10.0. The molecule has 0 bridgehead atoms. The smallest absolute Gasteiger partial charge is 0.0580 e. The van der Waals surface area contributed by atoms with Gasteiger partial charge in [0.05, 0.1) is 12.4 Å².